The Morgan fingerprint density at radius 3 is 2.43 bits per heavy atom. The van der Waals surface area contributed by atoms with Crippen molar-refractivity contribution < 1.29 is 8.42 Å². The van der Waals surface area contributed by atoms with Crippen molar-refractivity contribution in [1.82, 2.24) is 0 Å². The molecule has 0 amide bonds. The fourth-order valence-electron chi connectivity index (χ4n) is 2.70. The van der Waals surface area contributed by atoms with Crippen molar-refractivity contribution in [1.29, 1.82) is 0 Å². The Hall–Kier alpha value is -1.46. The lowest BCUT2D eigenvalue weighted by Gasteiger charge is -2.24. The SMILES string of the molecule is CC(C)c1ccc(S(=O)(=O)N2CCCSc3ccccc32)cc1. The highest BCUT2D eigenvalue weighted by Crippen LogP contribution is 2.36. The molecule has 3 nitrogen and oxygen atoms in total. The summed E-state index contributed by atoms with van der Waals surface area (Å²) in [6, 6.07) is 15.0. The van der Waals surface area contributed by atoms with Crippen LogP contribution in [0.4, 0.5) is 5.69 Å². The van der Waals surface area contributed by atoms with Gasteiger partial charge in [0, 0.05) is 11.4 Å². The van der Waals surface area contributed by atoms with E-state index in [2.05, 4.69) is 13.8 Å². The maximum absolute atomic E-state index is 13.1. The van der Waals surface area contributed by atoms with Crippen molar-refractivity contribution in [3.05, 3.63) is 54.1 Å². The van der Waals surface area contributed by atoms with Crippen molar-refractivity contribution in [2.45, 2.75) is 36.0 Å². The molecule has 1 aliphatic rings. The topological polar surface area (TPSA) is 37.4 Å². The van der Waals surface area contributed by atoms with E-state index >= 15 is 0 Å². The van der Waals surface area contributed by atoms with E-state index < -0.39 is 10.0 Å². The lowest BCUT2D eigenvalue weighted by Crippen LogP contribution is -2.31. The largest absolute Gasteiger partial charge is 0.265 e. The van der Waals surface area contributed by atoms with E-state index in [1.807, 2.05) is 36.4 Å². The Kier molecular flexibility index (Phi) is 4.69. The number of hydrogen-bond acceptors (Lipinski definition) is 3. The number of rotatable bonds is 3. The van der Waals surface area contributed by atoms with Gasteiger partial charge in [0.2, 0.25) is 0 Å². The van der Waals surface area contributed by atoms with Crippen LogP contribution in [0.15, 0.2) is 58.3 Å². The number of nitrogens with zero attached hydrogens (tertiary/aromatic N) is 1. The molecule has 0 aromatic heterocycles. The van der Waals surface area contributed by atoms with E-state index in [-0.39, 0.29) is 0 Å². The number of thioether (sulfide) groups is 1. The predicted molar refractivity (Wildman–Crippen MR) is 96.8 cm³/mol. The van der Waals surface area contributed by atoms with E-state index in [1.165, 1.54) is 0 Å². The van der Waals surface area contributed by atoms with Crippen LogP contribution in [0, 0.1) is 0 Å². The molecule has 0 saturated carbocycles. The highest BCUT2D eigenvalue weighted by atomic mass is 32.2. The Balaban J connectivity index is 2.02. The van der Waals surface area contributed by atoms with Crippen LogP contribution in [0.3, 0.4) is 0 Å². The molecule has 0 atom stereocenters. The second-order valence-electron chi connectivity index (χ2n) is 5.97. The summed E-state index contributed by atoms with van der Waals surface area (Å²) in [6.45, 7) is 4.73. The minimum Gasteiger partial charge on any atom is -0.265 e. The number of sulfonamides is 1. The van der Waals surface area contributed by atoms with Crippen LogP contribution in [-0.2, 0) is 10.0 Å². The van der Waals surface area contributed by atoms with Gasteiger partial charge in [0.25, 0.3) is 10.0 Å². The van der Waals surface area contributed by atoms with Crippen molar-refractivity contribution in [3.63, 3.8) is 0 Å². The molecule has 2 aromatic rings. The number of para-hydroxylation sites is 1. The zero-order valence-corrected chi connectivity index (χ0v) is 15.0. The molecular formula is C18H21NO2S2. The van der Waals surface area contributed by atoms with Crippen LogP contribution in [0.2, 0.25) is 0 Å². The lowest BCUT2D eigenvalue weighted by molar-refractivity contribution is 0.590. The van der Waals surface area contributed by atoms with Gasteiger partial charge in [0.15, 0.2) is 0 Å². The van der Waals surface area contributed by atoms with E-state index in [4.69, 9.17) is 0 Å². The van der Waals surface area contributed by atoms with Gasteiger partial charge in [-0.1, -0.05) is 38.1 Å². The summed E-state index contributed by atoms with van der Waals surface area (Å²) < 4.78 is 27.8. The molecule has 0 N–H and O–H groups in total. The number of benzene rings is 2. The van der Waals surface area contributed by atoms with Gasteiger partial charge < -0.3 is 0 Å². The normalized spacial score (nSPS) is 15.3. The van der Waals surface area contributed by atoms with Gasteiger partial charge in [0.05, 0.1) is 10.6 Å². The minimum absolute atomic E-state index is 0.364. The first-order chi connectivity index (χ1) is 11.0. The van der Waals surface area contributed by atoms with Crippen LogP contribution in [0.1, 0.15) is 31.7 Å². The summed E-state index contributed by atoms with van der Waals surface area (Å²) in [4.78, 5) is 1.40. The van der Waals surface area contributed by atoms with Gasteiger partial charge in [-0.25, -0.2) is 8.42 Å². The number of anilines is 1. The average Bonchev–Trinajstić information content (AvgIpc) is 2.77. The molecule has 0 aliphatic carbocycles. The molecule has 0 fully saturated rings. The van der Waals surface area contributed by atoms with E-state index in [1.54, 1.807) is 28.2 Å². The summed E-state index contributed by atoms with van der Waals surface area (Å²) >= 11 is 1.72. The van der Waals surface area contributed by atoms with Gasteiger partial charge in [-0.15, -0.1) is 11.8 Å². The van der Waals surface area contributed by atoms with Crippen LogP contribution in [0.25, 0.3) is 0 Å². The number of fused-ring (bicyclic) bond motifs is 1. The first-order valence-electron chi connectivity index (χ1n) is 7.84. The fourth-order valence-corrected chi connectivity index (χ4v) is 5.27. The van der Waals surface area contributed by atoms with Gasteiger partial charge in [-0.3, -0.25) is 4.31 Å². The van der Waals surface area contributed by atoms with Crippen LogP contribution in [0.5, 0.6) is 0 Å². The molecular weight excluding hydrogens is 326 g/mol. The second-order valence-corrected chi connectivity index (χ2v) is 8.97. The summed E-state index contributed by atoms with van der Waals surface area (Å²) in [5, 5.41) is 0. The Bertz CT molecular complexity index is 783. The second kappa shape index (κ2) is 6.57. The molecule has 0 bridgehead atoms. The average molecular weight is 348 g/mol. The highest BCUT2D eigenvalue weighted by molar-refractivity contribution is 7.99. The zero-order valence-electron chi connectivity index (χ0n) is 13.4. The molecule has 1 aliphatic heterocycles. The van der Waals surface area contributed by atoms with Crippen molar-refractivity contribution in [3.8, 4) is 0 Å². The Morgan fingerprint density at radius 1 is 1.04 bits per heavy atom. The van der Waals surface area contributed by atoms with Crippen molar-refractivity contribution >= 4 is 27.5 Å². The molecule has 23 heavy (non-hydrogen) atoms. The van der Waals surface area contributed by atoms with Gasteiger partial charge in [0.1, 0.15) is 0 Å². The summed E-state index contributed by atoms with van der Waals surface area (Å²) in [7, 11) is -3.52. The summed E-state index contributed by atoms with van der Waals surface area (Å²) in [5.41, 5.74) is 1.94. The quantitative estimate of drug-likeness (QED) is 0.820. The molecule has 0 saturated heterocycles. The first kappa shape index (κ1) is 16.4. The zero-order chi connectivity index (χ0) is 16.4. The highest BCUT2D eigenvalue weighted by Gasteiger charge is 2.28. The smallest absolute Gasteiger partial charge is 0.264 e. The minimum atomic E-state index is -3.52. The van der Waals surface area contributed by atoms with Gasteiger partial charge in [-0.05, 0) is 47.9 Å². The molecule has 122 valence electrons. The van der Waals surface area contributed by atoms with E-state index in [0.29, 0.717) is 17.4 Å². The Morgan fingerprint density at radius 2 is 1.74 bits per heavy atom. The monoisotopic (exact) mass is 347 g/mol. The summed E-state index contributed by atoms with van der Waals surface area (Å²) in [5.74, 6) is 1.33. The van der Waals surface area contributed by atoms with Crippen molar-refractivity contribution in [2.75, 3.05) is 16.6 Å². The van der Waals surface area contributed by atoms with Crippen LogP contribution in [-0.4, -0.2) is 20.7 Å². The first-order valence-corrected chi connectivity index (χ1v) is 10.3. The molecule has 3 rings (SSSR count). The van der Waals surface area contributed by atoms with Gasteiger partial charge in [-0.2, -0.15) is 0 Å². The third-order valence-electron chi connectivity index (χ3n) is 4.03. The maximum atomic E-state index is 13.1. The predicted octanol–water partition coefficient (Wildman–Crippen LogP) is 4.50. The Labute approximate surface area is 142 Å². The fraction of sp³-hybridized carbons (Fsp3) is 0.333. The maximum Gasteiger partial charge on any atom is 0.264 e. The molecule has 0 radical (unpaired) electrons. The third kappa shape index (κ3) is 3.26. The van der Waals surface area contributed by atoms with Crippen LogP contribution >= 0.6 is 11.8 Å². The molecule has 2 aromatic carbocycles. The van der Waals surface area contributed by atoms with E-state index in [9.17, 15) is 8.42 Å². The molecule has 0 unspecified atom stereocenters. The molecule has 1 heterocycles. The molecule has 0 spiro atoms. The van der Waals surface area contributed by atoms with E-state index in [0.717, 1.165) is 28.3 Å². The van der Waals surface area contributed by atoms with Gasteiger partial charge >= 0.3 is 0 Å². The van der Waals surface area contributed by atoms with Crippen molar-refractivity contribution in [2.24, 2.45) is 0 Å². The standard InChI is InChI=1S/C18H21NO2S2/c1-14(2)15-8-10-16(11-9-15)23(20,21)19-12-5-13-22-18-7-4-3-6-17(18)19/h3-4,6-11,14H,5,12-13H2,1-2H3. The lowest BCUT2D eigenvalue weighted by atomic mass is 10.0. The number of hydrogen-bond donors (Lipinski definition) is 0. The third-order valence-corrected chi connectivity index (χ3v) is 7.01. The summed E-state index contributed by atoms with van der Waals surface area (Å²) in [6.07, 6.45) is 0.850. The molecule has 5 heteroatoms. The van der Waals surface area contributed by atoms with Crippen LogP contribution < -0.4 is 4.31 Å².